The Labute approximate surface area is 109 Å². The van der Waals surface area contributed by atoms with Gasteiger partial charge in [0.2, 0.25) is 0 Å². The van der Waals surface area contributed by atoms with Crippen molar-refractivity contribution in [2.45, 2.75) is 50.2 Å². The fraction of sp³-hybridized carbons (Fsp3) is 0.833. The molecule has 0 bridgehead atoms. The number of thiol groups is 1. The number of aromatic nitrogens is 3. The SMILES string of the molecule is Cn1c(S)nnc1C1CCN(C(C)(C)C)CC1. The summed E-state index contributed by atoms with van der Waals surface area (Å²) >= 11 is 4.28. The van der Waals surface area contributed by atoms with Gasteiger partial charge in [0.15, 0.2) is 5.16 Å². The molecule has 17 heavy (non-hydrogen) atoms. The number of piperidine rings is 1. The van der Waals surface area contributed by atoms with Crippen LogP contribution in [0.1, 0.15) is 45.4 Å². The predicted octanol–water partition coefficient (Wildman–Crippen LogP) is 2.08. The Balaban J connectivity index is 2.02. The van der Waals surface area contributed by atoms with Crippen molar-refractivity contribution in [3.05, 3.63) is 5.82 Å². The first kappa shape index (κ1) is 12.9. The summed E-state index contributed by atoms with van der Waals surface area (Å²) in [5, 5.41) is 8.97. The van der Waals surface area contributed by atoms with Gasteiger partial charge in [0.05, 0.1) is 0 Å². The van der Waals surface area contributed by atoms with Crippen LogP contribution in [-0.4, -0.2) is 38.3 Å². The molecular weight excluding hydrogens is 232 g/mol. The van der Waals surface area contributed by atoms with E-state index in [1.807, 2.05) is 11.6 Å². The topological polar surface area (TPSA) is 34.0 Å². The molecule has 0 saturated carbocycles. The van der Waals surface area contributed by atoms with Crippen molar-refractivity contribution in [2.75, 3.05) is 13.1 Å². The van der Waals surface area contributed by atoms with E-state index in [9.17, 15) is 0 Å². The van der Waals surface area contributed by atoms with Crippen LogP contribution in [0.3, 0.4) is 0 Å². The lowest BCUT2D eigenvalue weighted by Crippen LogP contribution is -2.45. The van der Waals surface area contributed by atoms with Crippen LogP contribution in [0.2, 0.25) is 0 Å². The fourth-order valence-corrected chi connectivity index (χ4v) is 2.64. The normalized spacial score (nSPS) is 19.8. The standard InChI is InChI=1S/C12H22N4S/c1-12(2,3)16-7-5-9(6-8-16)10-13-14-11(17)15(10)4/h9H,5-8H2,1-4H3,(H,14,17). The molecule has 1 saturated heterocycles. The minimum absolute atomic E-state index is 0.277. The van der Waals surface area contributed by atoms with Gasteiger partial charge in [-0.3, -0.25) is 4.90 Å². The van der Waals surface area contributed by atoms with E-state index >= 15 is 0 Å². The average Bonchev–Trinajstić information content (AvgIpc) is 2.59. The molecule has 4 nitrogen and oxygen atoms in total. The molecule has 1 aliphatic rings. The fourth-order valence-electron chi connectivity index (χ4n) is 2.50. The van der Waals surface area contributed by atoms with Gasteiger partial charge in [0, 0.05) is 18.5 Å². The highest BCUT2D eigenvalue weighted by Gasteiger charge is 2.29. The molecule has 0 N–H and O–H groups in total. The second-order valence-electron chi connectivity index (χ2n) is 5.85. The number of likely N-dealkylation sites (tertiary alicyclic amines) is 1. The van der Waals surface area contributed by atoms with Gasteiger partial charge < -0.3 is 4.57 Å². The predicted molar refractivity (Wildman–Crippen MR) is 71.6 cm³/mol. The molecule has 0 aliphatic carbocycles. The van der Waals surface area contributed by atoms with Crippen LogP contribution in [0.25, 0.3) is 0 Å². The minimum atomic E-state index is 0.277. The van der Waals surface area contributed by atoms with E-state index in [2.05, 4.69) is 48.5 Å². The third kappa shape index (κ3) is 2.65. The van der Waals surface area contributed by atoms with Crippen LogP contribution >= 0.6 is 12.6 Å². The van der Waals surface area contributed by atoms with Gasteiger partial charge >= 0.3 is 0 Å². The van der Waals surface area contributed by atoms with Crippen molar-refractivity contribution in [2.24, 2.45) is 7.05 Å². The van der Waals surface area contributed by atoms with Crippen molar-refractivity contribution in [3.63, 3.8) is 0 Å². The van der Waals surface area contributed by atoms with Crippen molar-refractivity contribution in [1.82, 2.24) is 19.7 Å². The van der Waals surface area contributed by atoms with Gasteiger partial charge in [-0.25, -0.2) is 0 Å². The molecule has 0 amide bonds. The van der Waals surface area contributed by atoms with E-state index in [0.717, 1.165) is 31.8 Å². The van der Waals surface area contributed by atoms with E-state index < -0.39 is 0 Å². The summed E-state index contributed by atoms with van der Waals surface area (Å²) in [6, 6.07) is 0. The lowest BCUT2D eigenvalue weighted by molar-refractivity contribution is 0.100. The maximum absolute atomic E-state index is 4.28. The molecule has 1 fully saturated rings. The van der Waals surface area contributed by atoms with E-state index in [1.54, 1.807) is 0 Å². The molecule has 0 aromatic carbocycles. The van der Waals surface area contributed by atoms with Crippen molar-refractivity contribution in [1.29, 1.82) is 0 Å². The summed E-state index contributed by atoms with van der Waals surface area (Å²) < 4.78 is 2.00. The smallest absolute Gasteiger partial charge is 0.187 e. The van der Waals surface area contributed by atoms with Gasteiger partial charge in [0.25, 0.3) is 0 Å². The van der Waals surface area contributed by atoms with Crippen molar-refractivity contribution >= 4 is 12.6 Å². The third-order valence-corrected chi connectivity index (χ3v) is 4.08. The molecule has 2 heterocycles. The van der Waals surface area contributed by atoms with Gasteiger partial charge in [-0.2, -0.15) is 0 Å². The van der Waals surface area contributed by atoms with Crippen molar-refractivity contribution in [3.8, 4) is 0 Å². The zero-order valence-corrected chi connectivity index (χ0v) is 12.0. The third-order valence-electron chi connectivity index (χ3n) is 3.69. The van der Waals surface area contributed by atoms with Crippen LogP contribution in [-0.2, 0) is 7.05 Å². The molecule has 1 aromatic rings. The molecule has 0 unspecified atom stereocenters. The van der Waals surface area contributed by atoms with Gasteiger partial charge in [-0.15, -0.1) is 22.8 Å². The first-order chi connectivity index (χ1) is 7.89. The number of hydrogen-bond acceptors (Lipinski definition) is 4. The number of rotatable bonds is 1. The molecule has 0 spiro atoms. The lowest BCUT2D eigenvalue weighted by atomic mass is 9.92. The molecule has 1 aliphatic heterocycles. The second kappa shape index (κ2) is 4.61. The second-order valence-corrected chi connectivity index (χ2v) is 6.25. The number of hydrogen-bond donors (Lipinski definition) is 1. The molecular formula is C12H22N4S. The minimum Gasteiger partial charge on any atom is -0.309 e. The number of nitrogens with zero attached hydrogens (tertiary/aromatic N) is 4. The largest absolute Gasteiger partial charge is 0.309 e. The first-order valence-corrected chi connectivity index (χ1v) is 6.67. The molecule has 0 radical (unpaired) electrons. The van der Waals surface area contributed by atoms with E-state index in [4.69, 9.17) is 0 Å². The zero-order valence-electron chi connectivity index (χ0n) is 11.1. The molecule has 5 heteroatoms. The summed E-state index contributed by atoms with van der Waals surface area (Å²) in [4.78, 5) is 2.54. The Kier molecular flexibility index (Phi) is 3.50. The highest BCUT2D eigenvalue weighted by molar-refractivity contribution is 7.80. The Hall–Kier alpha value is -0.550. The summed E-state index contributed by atoms with van der Waals surface area (Å²) in [5.41, 5.74) is 0.277. The Bertz CT molecular complexity index is 386. The van der Waals surface area contributed by atoms with Gasteiger partial charge in [0.1, 0.15) is 5.82 Å². The highest BCUT2D eigenvalue weighted by atomic mass is 32.1. The van der Waals surface area contributed by atoms with Gasteiger partial charge in [-0.05, 0) is 46.7 Å². The van der Waals surface area contributed by atoms with Gasteiger partial charge in [-0.1, -0.05) is 0 Å². The first-order valence-electron chi connectivity index (χ1n) is 6.23. The Morgan fingerprint density at radius 3 is 2.18 bits per heavy atom. The summed E-state index contributed by atoms with van der Waals surface area (Å²) in [6.07, 6.45) is 2.33. The van der Waals surface area contributed by atoms with Crippen LogP contribution in [0.4, 0.5) is 0 Å². The van der Waals surface area contributed by atoms with Crippen LogP contribution in [0, 0.1) is 0 Å². The van der Waals surface area contributed by atoms with Crippen LogP contribution < -0.4 is 0 Å². The molecule has 1 aromatic heterocycles. The maximum atomic E-state index is 4.28. The van der Waals surface area contributed by atoms with Crippen LogP contribution in [0.5, 0.6) is 0 Å². The maximum Gasteiger partial charge on any atom is 0.187 e. The van der Waals surface area contributed by atoms with E-state index in [1.165, 1.54) is 0 Å². The monoisotopic (exact) mass is 254 g/mol. The molecule has 96 valence electrons. The summed E-state index contributed by atoms with van der Waals surface area (Å²) in [6.45, 7) is 9.12. The Morgan fingerprint density at radius 2 is 1.76 bits per heavy atom. The lowest BCUT2D eigenvalue weighted by Gasteiger charge is -2.40. The van der Waals surface area contributed by atoms with E-state index in [-0.39, 0.29) is 5.54 Å². The highest BCUT2D eigenvalue weighted by Crippen LogP contribution is 2.30. The quantitative estimate of drug-likeness (QED) is 0.779. The summed E-state index contributed by atoms with van der Waals surface area (Å²) in [5.74, 6) is 1.62. The van der Waals surface area contributed by atoms with E-state index in [0.29, 0.717) is 11.1 Å². The molecule has 0 atom stereocenters. The average molecular weight is 254 g/mol. The Morgan fingerprint density at radius 1 is 1.18 bits per heavy atom. The van der Waals surface area contributed by atoms with Crippen LogP contribution in [0.15, 0.2) is 5.16 Å². The van der Waals surface area contributed by atoms with Crippen molar-refractivity contribution < 1.29 is 0 Å². The summed E-state index contributed by atoms with van der Waals surface area (Å²) in [7, 11) is 1.99. The molecule has 2 rings (SSSR count). The zero-order chi connectivity index (χ0) is 12.6.